The highest BCUT2D eigenvalue weighted by Gasteiger charge is 2.06. The van der Waals surface area contributed by atoms with Gasteiger partial charge in [0.1, 0.15) is 5.82 Å². The Kier molecular flexibility index (Phi) is 3.67. The molecule has 0 fully saturated rings. The van der Waals surface area contributed by atoms with E-state index in [1.54, 1.807) is 19.1 Å². The number of nitrogens with one attached hydrogen (secondary N) is 1. The highest BCUT2D eigenvalue weighted by molar-refractivity contribution is 5.56. The lowest BCUT2D eigenvalue weighted by molar-refractivity contribution is 0.618. The van der Waals surface area contributed by atoms with E-state index in [9.17, 15) is 4.39 Å². The molecule has 2 aromatic rings. The zero-order valence-electron chi connectivity index (χ0n) is 10.8. The van der Waals surface area contributed by atoms with Gasteiger partial charge in [0.15, 0.2) is 5.82 Å². The third-order valence-electron chi connectivity index (χ3n) is 2.68. The molecule has 0 unspecified atom stereocenters. The van der Waals surface area contributed by atoms with Crippen molar-refractivity contribution >= 4 is 0 Å². The minimum atomic E-state index is -0.207. The van der Waals surface area contributed by atoms with Crippen LogP contribution in [-0.4, -0.2) is 17.0 Å². The van der Waals surface area contributed by atoms with Gasteiger partial charge in [-0.25, -0.2) is 14.4 Å². The van der Waals surface area contributed by atoms with Crippen molar-refractivity contribution in [3.05, 3.63) is 47.0 Å². The quantitative estimate of drug-likeness (QED) is 0.903. The summed E-state index contributed by atoms with van der Waals surface area (Å²) in [4.78, 5) is 8.86. The predicted molar refractivity (Wildman–Crippen MR) is 69.7 cm³/mol. The number of aromatic nitrogens is 2. The maximum atomic E-state index is 13.2. The topological polar surface area (TPSA) is 37.8 Å². The van der Waals surface area contributed by atoms with Gasteiger partial charge < -0.3 is 5.32 Å². The van der Waals surface area contributed by atoms with Crippen LogP contribution >= 0.6 is 0 Å². The third kappa shape index (κ3) is 2.71. The van der Waals surface area contributed by atoms with Crippen molar-refractivity contribution in [1.82, 2.24) is 15.3 Å². The van der Waals surface area contributed by atoms with Crippen LogP contribution < -0.4 is 5.32 Å². The molecule has 18 heavy (non-hydrogen) atoms. The lowest BCUT2D eigenvalue weighted by atomic mass is 10.1. The Morgan fingerprint density at radius 2 is 1.94 bits per heavy atom. The Morgan fingerprint density at radius 1 is 1.17 bits per heavy atom. The van der Waals surface area contributed by atoms with Crippen molar-refractivity contribution < 1.29 is 4.39 Å². The first-order valence-corrected chi connectivity index (χ1v) is 5.86. The summed E-state index contributed by atoms with van der Waals surface area (Å²) in [6.45, 7) is 4.36. The molecule has 1 N–H and O–H groups in total. The van der Waals surface area contributed by atoms with Gasteiger partial charge in [0.25, 0.3) is 0 Å². The first kappa shape index (κ1) is 12.6. The molecular weight excluding hydrogens is 229 g/mol. The molecule has 0 aliphatic heterocycles. The zero-order valence-corrected chi connectivity index (χ0v) is 10.8. The fourth-order valence-electron chi connectivity index (χ4n) is 1.82. The third-order valence-corrected chi connectivity index (χ3v) is 2.68. The van der Waals surface area contributed by atoms with Crippen molar-refractivity contribution in [3.8, 4) is 11.4 Å². The van der Waals surface area contributed by atoms with Crippen molar-refractivity contribution in [1.29, 1.82) is 0 Å². The molecule has 1 aromatic carbocycles. The van der Waals surface area contributed by atoms with E-state index in [0.717, 1.165) is 17.0 Å². The molecule has 4 heteroatoms. The number of hydrogen-bond acceptors (Lipinski definition) is 3. The van der Waals surface area contributed by atoms with Crippen LogP contribution in [0.4, 0.5) is 4.39 Å². The van der Waals surface area contributed by atoms with Crippen molar-refractivity contribution in [3.63, 3.8) is 0 Å². The Balaban J connectivity index is 2.46. The Bertz CT molecular complexity index is 567. The molecule has 0 saturated heterocycles. The van der Waals surface area contributed by atoms with E-state index in [1.807, 2.05) is 20.0 Å². The average molecular weight is 245 g/mol. The Hall–Kier alpha value is -1.81. The molecule has 0 bridgehead atoms. The van der Waals surface area contributed by atoms with Gasteiger partial charge in [0, 0.05) is 17.8 Å². The van der Waals surface area contributed by atoms with Gasteiger partial charge in [-0.1, -0.05) is 0 Å². The van der Waals surface area contributed by atoms with Crippen LogP contribution in [0.2, 0.25) is 0 Å². The second kappa shape index (κ2) is 5.23. The highest BCUT2D eigenvalue weighted by Crippen LogP contribution is 2.19. The van der Waals surface area contributed by atoms with E-state index in [-0.39, 0.29) is 5.82 Å². The molecule has 0 spiro atoms. The predicted octanol–water partition coefficient (Wildman–Crippen LogP) is 2.62. The zero-order chi connectivity index (χ0) is 13.1. The summed E-state index contributed by atoms with van der Waals surface area (Å²) in [5.74, 6) is 0.435. The van der Waals surface area contributed by atoms with E-state index >= 15 is 0 Å². The van der Waals surface area contributed by atoms with Crippen molar-refractivity contribution in [2.45, 2.75) is 20.4 Å². The van der Waals surface area contributed by atoms with Gasteiger partial charge in [0.05, 0.1) is 5.69 Å². The van der Waals surface area contributed by atoms with Crippen LogP contribution in [0.1, 0.15) is 17.0 Å². The molecule has 1 aromatic heterocycles. The van der Waals surface area contributed by atoms with Crippen LogP contribution in [0.25, 0.3) is 11.4 Å². The Morgan fingerprint density at radius 3 is 2.61 bits per heavy atom. The second-order valence-corrected chi connectivity index (χ2v) is 4.32. The minimum absolute atomic E-state index is 0.207. The first-order valence-electron chi connectivity index (χ1n) is 5.86. The molecule has 3 nitrogen and oxygen atoms in total. The largest absolute Gasteiger partial charge is 0.314 e. The van der Waals surface area contributed by atoms with Crippen molar-refractivity contribution in [2.24, 2.45) is 0 Å². The molecule has 0 atom stereocenters. The SMILES string of the molecule is CNCc1cc(C)nc(-c2ccc(F)c(C)c2)n1. The summed E-state index contributed by atoms with van der Waals surface area (Å²) in [7, 11) is 1.87. The molecule has 0 aliphatic carbocycles. The van der Waals surface area contributed by atoms with Gasteiger partial charge in [-0.3, -0.25) is 0 Å². The standard InChI is InChI=1S/C14H16FN3/c1-9-6-11(4-5-13(9)15)14-17-10(2)7-12(18-14)8-16-3/h4-7,16H,8H2,1-3H3. The smallest absolute Gasteiger partial charge is 0.159 e. The Labute approximate surface area is 106 Å². The maximum Gasteiger partial charge on any atom is 0.159 e. The number of nitrogens with zero attached hydrogens (tertiary/aromatic N) is 2. The molecule has 94 valence electrons. The van der Waals surface area contributed by atoms with Crippen LogP contribution in [0.3, 0.4) is 0 Å². The number of benzene rings is 1. The van der Waals surface area contributed by atoms with Crippen LogP contribution in [-0.2, 0) is 6.54 Å². The number of hydrogen-bond donors (Lipinski definition) is 1. The molecule has 1 heterocycles. The lowest BCUT2D eigenvalue weighted by Crippen LogP contribution is -2.08. The summed E-state index contributed by atoms with van der Waals surface area (Å²) in [5, 5.41) is 3.06. The average Bonchev–Trinajstić information content (AvgIpc) is 2.32. The minimum Gasteiger partial charge on any atom is -0.314 e. The molecular formula is C14H16FN3. The fourth-order valence-corrected chi connectivity index (χ4v) is 1.82. The molecule has 2 rings (SSSR count). The van der Waals surface area contributed by atoms with Crippen LogP contribution in [0.15, 0.2) is 24.3 Å². The summed E-state index contributed by atoms with van der Waals surface area (Å²) in [6.07, 6.45) is 0. The van der Waals surface area contributed by atoms with E-state index < -0.39 is 0 Å². The highest BCUT2D eigenvalue weighted by atomic mass is 19.1. The van der Waals surface area contributed by atoms with Gasteiger partial charge in [-0.2, -0.15) is 0 Å². The van der Waals surface area contributed by atoms with Gasteiger partial charge in [-0.15, -0.1) is 0 Å². The summed E-state index contributed by atoms with van der Waals surface area (Å²) >= 11 is 0. The monoisotopic (exact) mass is 245 g/mol. The normalized spacial score (nSPS) is 10.7. The van der Waals surface area contributed by atoms with Gasteiger partial charge in [0.2, 0.25) is 0 Å². The number of halogens is 1. The first-order chi connectivity index (χ1) is 8.60. The van der Waals surface area contributed by atoms with Crippen LogP contribution in [0, 0.1) is 19.7 Å². The molecule has 0 amide bonds. The summed E-state index contributed by atoms with van der Waals surface area (Å²) in [5.41, 5.74) is 3.29. The summed E-state index contributed by atoms with van der Waals surface area (Å²) < 4.78 is 13.2. The maximum absolute atomic E-state index is 13.2. The molecule has 0 saturated carbocycles. The molecule has 0 aliphatic rings. The summed E-state index contributed by atoms with van der Waals surface area (Å²) in [6, 6.07) is 6.87. The van der Waals surface area contributed by atoms with E-state index in [0.29, 0.717) is 17.9 Å². The van der Waals surface area contributed by atoms with Gasteiger partial charge in [-0.05, 0) is 50.7 Å². The number of aryl methyl sites for hydroxylation is 2. The lowest BCUT2D eigenvalue weighted by Gasteiger charge is -2.07. The van der Waals surface area contributed by atoms with Crippen LogP contribution in [0.5, 0.6) is 0 Å². The number of rotatable bonds is 3. The van der Waals surface area contributed by atoms with E-state index in [2.05, 4.69) is 15.3 Å². The van der Waals surface area contributed by atoms with Crippen molar-refractivity contribution in [2.75, 3.05) is 7.05 Å². The second-order valence-electron chi connectivity index (χ2n) is 4.32. The van der Waals surface area contributed by atoms with E-state index in [1.165, 1.54) is 6.07 Å². The van der Waals surface area contributed by atoms with Gasteiger partial charge >= 0.3 is 0 Å². The molecule has 0 radical (unpaired) electrons. The van der Waals surface area contributed by atoms with E-state index in [4.69, 9.17) is 0 Å². The fraction of sp³-hybridized carbons (Fsp3) is 0.286.